The van der Waals surface area contributed by atoms with Gasteiger partial charge in [0.25, 0.3) is 0 Å². The zero-order chi connectivity index (χ0) is 16.9. The highest BCUT2D eigenvalue weighted by Crippen LogP contribution is 2.32. The van der Waals surface area contributed by atoms with Crippen molar-refractivity contribution in [3.8, 4) is 11.6 Å². The third-order valence-corrected chi connectivity index (χ3v) is 3.58. The lowest BCUT2D eigenvalue weighted by atomic mass is 10.1. The average molecular weight is 325 g/mol. The molecule has 0 fully saturated rings. The number of nitrogens with zero attached hydrogens (tertiary/aromatic N) is 2. The van der Waals surface area contributed by atoms with Crippen molar-refractivity contribution >= 4 is 22.6 Å². The molecule has 24 heavy (non-hydrogen) atoms. The van der Waals surface area contributed by atoms with Crippen LogP contribution < -0.4 is 10.1 Å². The van der Waals surface area contributed by atoms with Gasteiger partial charge in [-0.2, -0.15) is 0 Å². The number of anilines is 1. The van der Waals surface area contributed by atoms with Crippen LogP contribution in [0.15, 0.2) is 41.1 Å². The first-order valence-electron chi connectivity index (χ1n) is 8.02. The van der Waals surface area contributed by atoms with E-state index in [-0.39, 0.29) is 5.91 Å². The molecule has 6 heteroatoms. The van der Waals surface area contributed by atoms with Gasteiger partial charge in [0.05, 0.1) is 23.0 Å². The number of fused-ring (bicyclic) bond motifs is 1. The van der Waals surface area contributed by atoms with Gasteiger partial charge in [-0.25, -0.2) is 4.98 Å². The summed E-state index contributed by atoms with van der Waals surface area (Å²) >= 11 is 0. The fourth-order valence-electron chi connectivity index (χ4n) is 2.43. The van der Waals surface area contributed by atoms with Gasteiger partial charge in [0.2, 0.25) is 11.8 Å². The first-order chi connectivity index (χ1) is 11.7. The van der Waals surface area contributed by atoms with Gasteiger partial charge >= 0.3 is 0 Å². The van der Waals surface area contributed by atoms with E-state index in [1.54, 1.807) is 18.3 Å². The molecule has 6 nitrogen and oxygen atoms in total. The molecule has 0 saturated carbocycles. The lowest BCUT2D eigenvalue weighted by Crippen LogP contribution is -2.10. The summed E-state index contributed by atoms with van der Waals surface area (Å²) in [7, 11) is 0. The van der Waals surface area contributed by atoms with Gasteiger partial charge in [0.1, 0.15) is 5.75 Å². The minimum atomic E-state index is -0.0187. The van der Waals surface area contributed by atoms with Crippen LogP contribution in [0.4, 0.5) is 5.69 Å². The number of ether oxygens (including phenoxy) is 1. The highest BCUT2D eigenvalue weighted by molar-refractivity contribution is 5.90. The summed E-state index contributed by atoms with van der Waals surface area (Å²) in [5, 5.41) is 7.72. The number of nitrogens with one attached hydrogen (secondary N) is 1. The van der Waals surface area contributed by atoms with Crippen LogP contribution in [-0.2, 0) is 11.2 Å². The molecule has 0 aliphatic rings. The molecule has 3 aromatic rings. The highest BCUT2D eigenvalue weighted by Gasteiger charge is 2.13. The number of hydrogen-bond acceptors (Lipinski definition) is 5. The molecule has 0 bridgehead atoms. The maximum absolute atomic E-state index is 11.6. The second-order valence-corrected chi connectivity index (χ2v) is 5.40. The van der Waals surface area contributed by atoms with Crippen molar-refractivity contribution < 1.29 is 14.1 Å². The van der Waals surface area contributed by atoms with Crippen LogP contribution in [0.1, 0.15) is 32.4 Å². The first-order valence-corrected chi connectivity index (χ1v) is 8.02. The summed E-state index contributed by atoms with van der Waals surface area (Å²) in [6, 6.07) is 9.05. The molecule has 0 aliphatic heterocycles. The molecule has 0 radical (unpaired) electrons. The summed E-state index contributed by atoms with van der Waals surface area (Å²) in [5.41, 5.74) is 2.19. The molecule has 0 atom stereocenters. The average Bonchev–Trinajstić information content (AvgIpc) is 3.01. The molecule has 1 amide bonds. The lowest BCUT2D eigenvalue weighted by molar-refractivity contribution is -0.116. The predicted octanol–water partition coefficient (Wildman–Crippen LogP) is 4.32. The highest BCUT2D eigenvalue weighted by atomic mass is 16.5. The van der Waals surface area contributed by atoms with E-state index in [1.165, 1.54) is 0 Å². The number of hydrogen-bond donors (Lipinski definition) is 1. The molecule has 1 aromatic carbocycles. The van der Waals surface area contributed by atoms with Crippen LogP contribution in [0.2, 0.25) is 0 Å². The fourth-order valence-corrected chi connectivity index (χ4v) is 2.43. The number of carbonyl (C=O) groups excluding carboxylic acids is 1. The van der Waals surface area contributed by atoms with Crippen molar-refractivity contribution in [3.63, 3.8) is 0 Å². The van der Waals surface area contributed by atoms with Crippen LogP contribution in [0.3, 0.4) is 0 Å². The normalized spacial score (nSPS) is 10.8. The number of pyridine rings is 1. The Labute approximate surface area is 139 Å². The molecule has 0 unspecified atom stereocenters. The maximum Gasteiger partial charge on any atom is 0.224 e. The smallest absolute Gasteiger partial charge is 0.224 e. The monoisotopic (exact) mass is 325 g/mol. The Morgan fingerprint density at radius 3 is 2.83 bits per heavy atom. The summed E-state index contributed by atoms with van der Waals surface area (Å²) in [6.45, 7) is 3.98. The third kappa shape index (κ3) is 3.37. The maximum atomic E-state index is 11.6. The van der Waals surface area contributed by atoms with Gasteiger partial charge in [-0.3, -0.25) is 4.79 Å². The Bertz CT molecular complexity index is 840. The minimum absolute atomic E-state index is 0.0187. The molecule has 0 aliphatic carbocycles. The standard InChI is InChI=1S/C18H19N3O3/c1-3-6-16(22)20-12-9-10-17(19-11-12)23-14-7-5-8-15-18(14)13(4-2)21-24-15/h5,7-11H,3-4,6H2,1-2H3,(H,20,22). The quantitative estimate of drug-likeness (QED) is 0.730. The Morgan fingerprint density at radius 1 is 1.25 bits per heavy atom. The van der Waals surface area contributed by atoms with Crippen molar-refractivity contribution in [1.29, 1.82) is 0 Å². The topological polar surface area (TPSA) is 77.2 Å². The van der Waals surface area contributed by atoms with Crippen LogP contribution in [0.5, 0.6) is 11.6 Å². The zero-order valence-electron chi connectivity index (χ0n) is 13.7. The molecule has 2 heterocycles. The Kier molecular flexibility index (Phi) is 4.74. The number of aromatic nitrogens is 2. The number of benzene rings is 1. The zero-order valence-corrected chi connectivity index (χ0v) is 13.7. The SMILES string of the molecule is CCCC(=O)Nc1ccc(Oc2cccc3onc(CC)c23)nc1. The molecule has 1 N–H and O–H groups in total. The van der Waals surface area contributed by atoms with Crippen LogP contribution in [0.25, 0.3) is 11.0 Å². The molecular weight excluding hydrogens is 306 g/mol. The van der Waals surface area contributed by atoms with Crippen LogP contribution in [0, 0.1) is 0 Å². The molecule has 2 aromatic heterocycles. The van der Waals surface area contributed by atoms with E-state index in [0.29, 0.717) is 29.3 Å². The van der Waals surface area contributed by atoms with Crippen molar-refractivity contribution in [2.75, 3.05) is 5.32 Å². The van der Waals surface area contributed by atoms with Crippen LogP contribution >= 0.6 is 0 Å². The van der Waals surface area contributed by atoms with E-state index in [4.69, 9.17) is 9.26 Å². The molecule has 124 valence electrons. The van der Waals surface area contributed by atoms with Crippen molar-refractivity contribution in [2.24, 2.45) is 0 Å². The number of rotatable bonds is 6. The Morgan fingerprint density at radius 2 is 2.12 bits per heavy atom. The van der Waals surface area contributed by atoms with Gasteiger partial charge in [-0.1, -0.05) is 25.1 Å². The van der Waals surface area contributed by atoms with E-state index in [1.807, 2.05) is 32.0 Å². The summed E-state index contributed by atoms with van der Waals surface area (Å²) in [5.74, 6) is 1.08. The Hall–Kier alpha value is -2.89. The second-order valence-electron chi connectivity index (χ2n) is 5.40. The third-order valence-electron chi connectivity index (χ3n) is 3.58. The fraction of sp³-hybridized carbons (Fsp3) is 0.278. The van der Waals surface area contributed by atoms with Gasteiger partial charge < -0.3 is 14.6 Å². The molecule has 3 rings (SSSR count). The number of amides is 1. The molecular formula is C18H19N3O3. The Balaban J connectivity index is 1.79. The lowest BCUT2D eigenvalue weighted by Gasteiger charge is -2.08. The van der Waals surface area contributed by atoms with Gasteiger partial charge in [0, 0.05) is 12.5 Å². The largest absolute Gasteiger partial charge is 0.438 e. The van der Waals surface area contributed by atoms with Crippen molar-refractivity contribution in [2.45, 2.75) is 33.1 Å². The summed E-state index contributed by atoms with van der Waals surface area (Å²) < 4.78 is 11.2. The van der Waals surface area contributed by atoms with E-state index in [2.05, 4.69) is 15.5 Å². The molecule has 0 spiro atoms. The first kappa shape index (κ1) is 16.0. The van der Waals surface area contributed by atoms with E-state index in [0.717, 1.165) is 23.9 Å². The predicted molar refractivity (Wildman–Crippen MR) is 91.2 cm³/mol. The van der Waals surface area contributed by atoms with E-state index >= 15 is 0 Å². The number of aryl methyl sites for hydroxylation is 1. The minimum Gasteiger partial charge on any atom is -0.438 e. The number of carbonyl (C=O) groups is 1. The van der Waals surface area contributed by atoms with Gasteiger partial charge in [0.15, 0.2) is 5.58 Å². The van der Waals surface area contributed by atoms with Crippen molar-refractivity contribution in [3.05, 3.63) is 42.2 Å². The van der Waals surface area contributed by atoms with Gasteiger partial charge in [-0.05, 0) is 31.0 Å². The van der Waals surface area contributed by atoms with E-state index < -0.39 is 0 Å². The van der Waals surface area contributed by atoms with E-state index in [9.17, 15) is 4.79 Å². The summed E-state index contributed by atoms with van der Waals surface area (Å²) in [4.78, 5) is 15.8. The second kappa shape index (κ2) is 7.12. The molecule has 0 saturated heterocycles. The van der Waals surface area contributed by atoms with Crippen molar-refractivity contribution in [1.82, 2.24) is 10.1 Å². The summed E-state index contributed by atoms with van der Waals surface area (Å²) in [6.07, 6.45) is 3.64. The van der Waals surface area contributed by atoms with Gasteiger partial charge in [-0.15, -0.1) is 0 Å². The van der Waals surface area contributed by atoms with Crippen LogP contribution in [-0.4, -0.2) is 16.0 Å².